The Kier molecular flexibility index (Phi) is 4.54. The number of amides is 2. The van der Waals surface area contributed by atoms with E-state index in [1.54, 1.807) is 0 Å². The number of terminal acetylenes is 1. The third kappa shape index (κ3) is 3.21. The van der Waals surface area contributed by atoms with Crippen LogP contribution in [-0.4, -0.2) is 36.3 Å². The van der Waals surface area contributed by atoms with Gasteiger partial charge in [0.05, 0.1) is 6.54 Å². The van der Waals surface area contributed by atoms with E-state index in [1.807, 2.05) is 34.9 Å². The summed E-state index contributed by atoms with van der Waals surface area (Å²) >= 11 is 1.90. The molecule has 1 aliphatic rings. The van der Waals surface area contributed by atoms with Gasteiger partial charge in [0.25, 0.3) is 0 Å². The second kappa shape index (κ2) is 6.36. The van der Waals surface area contributed by atoms with Crippen molar-refractivity contribution in [3.8, 4) is 12.3 Å². The highest BCUT2D eigenvalue weighted by molar-refractivity contribution is 7.99. The van der Waals surface area contributed by atoms with E-state index in [1.165, 1.54) is 5.56 Å². The predicted octanol–water partition coefficient (Wildman–Crippen LogP) is 2.12. The fraction of sp³-hybridized carbons (Fsp3) is 0.357. The number of hydrogen-bond donors (Lipinski definition) is 1. The van der Waals surface area contributed by atoms with Gasteiger partial charge in [-0.05, 0) is 5.56 Å². The molecule has 1 heterocycles. The Bertz CT molecular complexity index is 441. The molecule has 0 saturated carbocycles. The number of nitrogens with zero attached hydrogens (tertiary/aromatic N) is 1. The molecular formula is C14H16N2OS. The number of benzene rings is 1. The van der Waals surface area contributed by atoms with Crippen LogP contribution in [0.15, 0.2) is 30.3 Å². The zero-order valence-corrected chi connectivity index (χ0v) is 11.0. The van der Waals surface area contributed by atoms with E-state index in [-0.39, 0.29) is 6.03 Å². The molecule has 1 aliphatic heterocycles. The molecule has 4 heteroatoms. The summed E-state index contributed by atoms with van der Waals surface area (Å²) in [5.41, 5.74) is 1.27. The van der Waals surface area contributed by atoms with Crippen molar-refractivity contribution >= 4 is 17.8 Å². The van der Waals surface area contributed by atoms with Crippen LogP contribution in [0, 0.1) is 12.3 Å². The van der Waals surface area contributed by atoms with E-state index in [9.17, 15) is 4.79 Å². The molecule has 1 N–H and O–H groups in total. The zero-order valence-electron chi connectivity index (χ0n) is 10.1. The lowest BCUT2D eigenvalue weighted by molar-refractivity contribution is 0.201. The molecule has 2 rings (SSSR count). The van der Waals surface area contributed by atoms with Crippen LogP contribution in [0.3, 0.4) is 0 Å². The number of nitrogens with one attached hydrogen (secondary N) is 1. The van der Waals surface area contributed by atoms with E-state index in [0.29, 0.717) is 11.8 Å². The second-order valence-electron chi connectivity index (χ2n) is 4.08. The molecule has 1 aromatic carbocycles. The Morgan fingerprint density at radius 2 is 2.28 bits per heavy atom. The van der Waals surface area contributed by atoms with Crippen LogP contribution in [0.4, 0.5) is 4.79 Å². The van der Waals surface area contributed by atoms with E-state index in [0.717, 1.165) is 18.8 Å². The topological polar surface area (TPSA) is 32.3 Å². The van der Waals surface area contributed by atoms with Gasteiger partial charge in [-0.15, -0.1) is 6.42 Å². The monoisotopic (exact) mass is 260 g/mol. The van der Waals surface area contributed by atoms with Crippen molar-refractivity contribution in [3.05, 3.63) is 35.9 Å². The fourth-order valence-corrected chi connectivity index (χ4v) is 3.19. The van der Waals surface area contributed by atoms with Crippen LogP contribution in [0.1, 0.15) is 10.8 Å². The molecular weight excluding hydrogens is 244 g/mol. The van der Waals surface area contributed by atoms with Gasteiger partial charge in [-0.2, -0.15) is 11.8 Å². The summed E-state index contributed by atoms with van der Waals surface area (Å²) in [7, 11) is 0. The highest BCUT2D eigenvalue weighted by atomic mass is 32.2. The molecule has 2 amide bonds. The van der Waals surface area contributed by atoms with Crippen LogP contribution in [0.25, 0.3) is 0 Å². The predicted molar refractivity (Wildman–Crippen MR) is 75.4 cm³/mol. The molecule has 1 atom stereocenters. The van der Waals surface area contributed by atoms with Crippen LogP contribution in [0.2, 0.25) is 0 Å². The molecule has 1 saturated heterocycles. The van der Waals surface area contributed by atoms with E-state index in [2.05, 4.69) is 23.4 Å². The Labute approximate surface area is 112 Å². The number of carbonyl (C=O) groups is 1. The molecule has 1 aromatic rings. The maximum absolute atomic E-state index is 11.8. The van der Waals surface area contributed by atoms with Gasteiger partial charge in [0, 0.05) is 24.1 Å². The summed E-state index contributed by atoms with van der Waals surface area (Å²) in [5.74, 6) is 3.38. The summed E-state index contributed by atoms with van der Waals surface area (Å²) < 4.78 is 0. The highest BCUT2D eigenvalue weighted by Crippen LogP contribution is 2.32. The van der Waals surface area contributed by atoms with Crippen LogP contribution < -0.4 is 5.32 Å². The first-order valence-corrected chi connectivity index (χ1v) is 6.99. The average molecular weight is 260 g/mol. The quantitative estimate of drug-likeness (QED) is 0.826. The lowest BCUT2D eigenvalue weighted by Crippen LogP contribution is -2.45. The van der Waals surface area contributed by atoms with Gasteiger partial charge in [0.15, 0.2) is 0 Å². The van der Waals surface area contributed by atoms with Crippen LogP contribution in [-0.2, 0) is 0 Å². The maximum atomic E-state index is 11.8. The number of carbonyl (C=O) groups excluding carboxylic acids is 1. The van der Waals surface area contributed by atoms with E-state index < -0.39 is 0 Å². The lowest BCUT2D eigenvalue weighted by Gasteiger charge is -2.32. The molecule has 0 radical (unpaired) electrons. The van der Waals surface area contributed by atoms with E-state index in [4.69, 9.17) is 6.42 Å². The lowest BCUT2D eigenvalue weighted by atomic mass is 10.1. The van der Waals surface area contributed by atoms with Gasteiger partial charge in [0.1, 0.15) is 0 Å². The van der Waals surface area contributed by atoms with Crippen molar-refractivity contribution in [1.29, 1.82) is 0 Å². The molecule has 1 unspecified atom stereocenters. The Balaban J connectivity index is 1.97. The third-order valence-electron chi connectivity index (χ3n) is 2.87. The van der Waals surface area contributed by atoms with E-state index >= 15 is 0 Å². The molecule has 94 valence electrons. The first-order chi connectivity index (χ1) is 8.81. The summed E-state index contributed by atoms with van der Waals surface area (Å²) in [6.45, 7) is 1.81. The normalized spacial score (nSPS) is 19.1. The van der Waals surface area contributed by atoms with Crippen LogP contribution in [0.5, 0.6) is 0 Å². The molecule has 0 aliphatic carbocycles. The maximum Gasteiger partial charge on any atom is 0.318 e. The first-order valence-electron chi connectivity index (χ1n) is 5.94. The van der Waals surface area contributed by atoms with Crippen molar-refractivity contribution in [2.45, 2.75) is 5.25 Å². The summed E-state index contributed by atoms with van der Waals surface area (Å²) in [4.78, 5) is 13.7. The Morgan fingerprint density at radius 1 is 1.50 bits per heavy atom. The van der Waals surface area contributed by atoms with Crippen molar-refractivity contribution in [2.24, 2.45) is 0 Å². The fourth-order valence-electron chi connectivity index (χ4n) is 1.94. The molecule has 0 bridgehead atoms. The molecule has 18 heavy (non-hydrogen) atoms. The minimum atomic E-state index is -0.0609. The first kappa shape index (κ1) is 12.8. The third-order valence-corrected chi connectivity index (χ3v) is 4.11. The summed E-state index contributed by atoms with van der Waals surface area (Å²) in [5, 5.41) is 3.07. The van der Waals surface area contributed by atoms with Gasteiger partial charge in [-0.25, -0.2) is 4.79 Å². The largest absolute Gasteiger partial charge is 0.327 e. The Hall–Kier alpha value is -1.60. The second-order valence-corrected chi connectivity index (χ2v) is 5.39. The van der Waals surface area contributed by atoms with Crippen LogP contribution >= 0.6 is 11.8 Å². The minimum absolute atomic E-state index is 0.0609. The minimum Gasteiger partial charge on any atom is -0.327 e. The van der Waals surface area contributed by atoms with Gasteiger partial charge >= 0.3 is 6.03 Å². The molecule has 1 fully saturated rings. The van der Waals surface area contributed by atoms with Gasteiger partial charge in [-0.3, -0.25) is 0 Å². The number of urea groups is 1. The average Bonchev–Trinajstić information content (AvgIpc) is 2.46. The SMILES string of the molecule is C#CCNC(=O)N1CCSC(c2ccccc2)C1. The van der Waals surface area contributed by atoms with Crippen molar-refractivity contribution in [1.82, 2.24) is 10.2 Å². The molecule has 3 nitrogen and oxygen atoms in total. The standard InChI is InChI=1S/C14H16N2OS/c1-2-8-15-14(17)16-9-10-18-13(11-16)12-6-4-3-5-7-12/h1,3-7,13H,8-11H2,(H,15,17). The highest BCUT2D eigenvalue weighted by Gasteiger charge is 2.24. The number of rotatable bonds is 2. The van der Waals surface area contributed by atoms with Gasteiger partial charge in [-0.1, -0.05) is 36.3 Å². The molecule has 0 aromatic heterocycles. The molecule has 0 spiro atoms. The number of hydrogen-bond acceptors (Lipinski definition) is 2. The van der Waals surface area contributed by atoms with Gasteiger partial charge in [0.2, 0.25) is 0 Å². The Morgan fingerprint density at radius 3 is 3.00 bits per heavy atom. The van der Waals surface area contributed by atoms with Crippen molar-refractivity contribution < 1.29 is 4.79 Å². The number of thioether (sulfide) groups is 1. The van der Waals surface area contributed by atoms with Gasteiger partial charge < -0.3 is 10.2 Å². The smallest absolute Gasteiger partial charge is 0.318 e. The van der Waals surface area contributed by atoms with Crippen molar-refractivity contribution in [3.63, 3.8) is 0 Å². The summed E-state index contributed by atoms with van der Waals surface area (Å²) in [6, 6.07) is 10.2. The zero-order chi connectivity index (χ0) is 12.8. The summed E-state index contributed by atoms with van der Waals surface area (Å²) in [6.07, 6.45) is 5.14. The van der Waals surface area contributed by atoms with Crippen molar-refractivity contribution in [2.75, 3.05) is 25.4 Å².